The molecular weight excluding hydrogens is 278 g/mol. The van der Waals surface area contributed by atoms with Gasteiger partial charge in [0, 0.05) is 19.2 Å². The van der Waals surface area contributed by atoms with Crippen LogP contribution in [0.15, 0.2) is 35.2 Å². The van der Waals surface area contributed by atoms with Crippen molar-refractivity contribution in [2.24, 2.45) is 0 Å². The molecule has 3 heterocycles. The van der Waals surface area contributed by atoms with E-state index in [1.165, 1.54) is 5.56 Å². The number of rotatable bonds is 8. The minimum absolute atomic E-state index is 0.680. The van der Waals surface area contributed by atoms with Crippen LogP contribution in [-0.4, -0.2) is 25.0 Å². The van der Waals surface area contributed by atoms with E-state index in [4.69, 9.17) is 4.42 Å². The molecule has 0 unspecified atom stereocenters. The molecule has 6 nitrogen and oxygen atoms in total. The Morgan fingerprint density at radius 1 is 1.27 bits per heavy atom. The summed E-state index contributed by atoms with van der Waals surface area (Å²) in [6.45, 7) is 3.09. The summed E-state index contributed by atoms with van der Waals surface area (Å²) < 4.78 is 7.43. The van der Waals surface area contributed by atoms with Crippen molar-refractivity contribution < 1.29 is 4.42 Å². The van der Waals surface area contributed by atoms with Gasteiger partial charge in [0.15, 0.2) is 5.76 Å². The van der Waals surface area contributed by atoms with E-state index in [1.54, 1.807) is 6.26 Å². The van der Waals surface area contributed by atoms with E-state index in [2.05, 4.69) is 27.2 Å². The molecule has 3 rings (SSSR count). The molecule has 0 aliphatic heterocycles. The number of hydrogen-bond acceptors (Lipinski definition) is 4. The summed E-state index contributed by atoms with van der Waals surface area (Å²) in [6, 6.07) is 3.76. The molecule has 0 aliphatic rings. The third-order valence-corrected chi connectivity index (χ3v) is 3.63. The average Bonchev–Trinajstić information content (AvgIpc) is 3.27. The van der Waals surface area contributed by atoms with Gasteiger partial charge in [-0.15, -0.1) is 5.10 Å². The SMILES string of the molecule is CCCCn1nc(-c2ccco2)nc1CCCc1cn[nH]c1. The Labute approximate surface area is 129 Å². The number of nitrogens with one attached hydrogen (secondary N) is 1. The molecule has 0 radical (unpaired) electrons. The highest BCUT2D eigenvalue weighted by Gasteiger charge is 2.13. The molecule has 3 aromatic heterocycles. The molecule has 0 aliphatic carbocycles. The lowest BCUT2D eigenvalue weighted by Gasteiger charge is -2.04. The predicted molar refractivity (Wildman–Crippen MR) is 83.2 cm³/mol. The van der Waals surface area contributed by atoms with Crippen molar-refractivity contribution in [3.8, 4) is 11.6 Å². The fourth-order valence-corrected chi connectivity index (χ4v) is 2.42. The second-order valence-electron chi connectivity index (χ2n) is 5.37. The molecule has 0 saturated heterocycles. The number of hydrogen-bond donors (Lipinski definition) is 1. The van der Waals surface area contributed by atoms with Crippen LogP contribution in [0.1, 0.15) is 37.6 Å². The minimum atomic E-state index is 0.680. The third-order valence-electron chi connectivity index (χ3n) is 3.63. The van der Waals surface area contributed by atoms with Crippen molar-refractivity contribution in [1.82, 2.24) is 25.0 Å². The van der Waals surface area contributed by atoms with Gasteiger partial charge in [0.2, 0.25) is 5.82 Å². The van der Waals surface area contributed by atoms with Gasteiger partial charge in [-0.25, -0.2) is 9.67 Å². The first-order valence-electron chi connectivity index (χ1n) is 7.82. The Kier molecular flexibility index (Phi) is 4.68. The second kappa shape index (κ2) is 7.06. The third kappa shape index (κ3) is 3.44. The summed E-state index contributed by atoms with van der Waals surface area (Å²) in [4.78, 5) is 4.66. The van der Waals surface area contributed by atoms with Crippen LogP contribution in [0.3, 0.4) is 0 Å². The minimum Gasteiger partial charge on any atom is -0.461 e. The molecule has 3 aromatic rings. The first-order valence-corrected chi connectivity index (χ1v) is 7.82. The Bertz CT molecular complexity index is 670. The Hall–Kier alpha value is -2.37. The molecule has 0 atom stereocenters. The van der Waals surface area contributed by atoms with E-state index in [-0.39, 0.29) is 0 Å². The first-order chi connectivity index (χ1) is 10.9. The van der Waals surface area contributed by atoms with Crippen molar-refractivity contribution in [3.05, 3.63) is 42.2 Å². The fraction of sp³-hybridized carbons (Fsp3) is 0.438. The van der Waals surface area contributed by atoms with E-state index < -0.39 is 0 Å². The van der Waals surface area contributed by atoms with Crippen LogP contribution < -0.4 is 0 Å². The van der Waals surface area contributed by atoms with Crippen LogP contribution in [0, 0.1) is 0 Å². The summed E-state index contributed by atoms with van der Waals surface area (Å²) in [5.74, 6) is 2.44. The summed E-state index contributed by atoms with van der Waals surface area (Å²) in [7, 11) is 0. The van der Waals surface area contributed by atoms with Crippen molar-refractivity contribution in [2.45, 2.75) is 45.6 Å². The standard InChI is InChI=1S/C16H21N5O/c1-2-3-9-21-15(8-4-6-13-11-17-18-12-13)19-16(20-21)14-7-5-10-22-14/h5,7,10-12H,2-4,6,8-9H2,1H3,(H,17,18). The highest BCUT2D eigenvalue weighted by Crippen LogP contribution is 2.17. The number of aromatic amines is 1. The van der Waals surface area contributed by atoms with E-state index in [9.17, 15) is 0 Å². The average molecular weight is 299 g/mol. The molecule has 0 saturated carbocycles. The van der Waals surface area contributed by atoms with Crippen molar-refractivity contribution in [3.63, 3.8) is 0 Å². The van der Waals surface area contributed by atoms with Gasteiger partial charge in [-0.05, 0) is 37.0 Å². The maximum Gasteiger partial charge on any atom is 0.217 e. The number of nitrogens with zero attached hydrogens (tertiary/aromatic N) is 4. The van der Waals surface area contributed by atoms with Gasteiger partial charge in [-0.3, -0.25) is 5.10 Å². The lowest BCUT2D eigenvalue weighted by Crippen LogP contribution is -2.06. The van der Waals surface area contributed by atoms with Crippen LogP contribution in [0.25, 0.3) is 11.6 Å². The number of unbranched alkanes of at least 4 members (excludes halogenated alkanes) is 1. The summed E-state index contributed by atoms with van der Waals surface area (Å²) in [5, 5.41) is 11.4. The van der Waals surface area contributed by atoms with Gasteiger partial charge < -0.3 is 4.42 Å². The Balaban J connectivity index is 1.69. The molecule has 0 spiro atoms. The van der Waals surface area contributed by atoms with Crippen molar-refractivity contribution >= 4 is 0 Å². The zero-order valence-electron chi connectivity index (χ0n) is 12.8. The topological polar surface area (TPSA) is 72.5 Å². The maximum absolute atomic E-state index is 5.40. The summed E-state index contributed by atoms with van der Waals surface area (Å²) in [6.07, 6.45) is 10.6. The van der Waals surface area contributed by atoms with Gasteiger partial charge >= 0.3 is 0 Å². The Morgan fingerprint density at radius 3 is 2.95 bits per heavy atom. The molecular formula is C16H21N5O. The number of aryl methyl sites for hydroxylation is 3. The van der Waals surface area contributed by atoms with Gasteiger partial charge in [-0.1, -0.05) is 13.3 Å². The van der Waals surface area contributed by atoms with Crippen LogP contribution in [-0.2, 0) is 19.4 Å². The second-order valence-corrected chi connectivity index (χ2v) is 5.37. The molecule has 0 amide bonds. The number of H-pyrrole nitrogens is 1. The number of furan rings is 1. The van der Waals surface area contributed by atoms with E-state index in [0.29, 0.717) is 5.82 Å². The number of aromatic nitrogens is 5. The van der Waals surface area contributed by atoms with Crippen molar-refractivity contribution in [2.75, 3.05) is 0 Å². The maximum atomic E-state index is 5.40. The highest BCUT2D eigenvalue weighted by atomic mass is 16.3. The lowest BCUT2D eigenvalue weighted by molar-refractivity contribution is 0.536. The lowest BCUT2D eigenvalue weighted by atomic mass is 10.1. The van der Waals surface area contributed by atoms with Crippen LogP contribution >= 0.6 is 0 Å². The zero-order chi connectivity index (χ0) is 15.2. The van der Waals surface area contributed by atoms with Crippen molar-refractivity contribution in [1.29, 1.82) is 0 Å². The van der Waals surface area contributed by atoms with Gasteiger partial charge in [0.05, 0.1) is 12.5 Å². The van der Waals surface area contributed by atoms with Crippen LogP contribution in [0.5, 0.6) is 0 Å². The first kappa shape index (κ1) is 14.6. The van der Waals surface area contributed by atoms with Gasteiger partial charge in [0.25, 0.3) is 0 Å². The van der Waals surface area contributed by atoms with Gasteiger partial charge in [0.1, 0.15) is 5.82 Å². The smallest absolute Gasteiger partial charge is 0.217 e. The van der Waals surface area contributed by atoms with Crippen LogP contribution in [0.2, 0.25) is 0 Å². The van der Waals surface area contributed by atoms with E-state index >= 15 is 0 Å². The largest absolute Gasteiger partial charge is 0.461 e. The summed E-state index contributed by atoms with van der Waals surface area (Å²) in [5.41, 5.74) is 1.23. The molecule has 22 heavy (non-hydrogen) atoms. The molecule has 116 valence electrons. The zero-order valence-corrected chi connectivity index (χ0v) is 12.8. The molecule has 0 aromatic carbocycles. The molecule has 1 N–H and O–H groups in total. The molecule has 0 bridgehead atoms. The van der Waals surface area contributed by atoms with E-state index in [0.717, 1.165) is 50.2 Å². The van der Waals surface area contributed by atoms with E-state index in [1.807, 2.05) is 29.2 Å². The summed E-state index contributed by atoms with van der Waals surface area (Å²) >= 11 is 0. The Morgan fingerprint density at radius 2 is 2.23 bits per heavy atom. The normalized spacial score (nSPS) is 11.1. The van der Waals surface area contributed by atoms with Gasteiger partial charge in [-0.2, -0.15) is 5.10 Å². The highest BCUT2D eigenvalue weighted by molar-refractivity contribution is 5.45. The molecule has 6 heteroatoms. The van der Waals surface area contributed by atoms with Crippen LogP contribution in [0.4, 0.5) is 0 Å². The monoisotopic (exact) mass is 299 g/mol. The molecule has 0 fully saturated rings. The predicted octanol–water partition coefficient (Wildman–Crippen LogP) is 3.24. The fourth-order valence-electron chi connectivity index (χ4n) is 2.42. The quantitative estimate of drug-likeness (QED) is 0.693.